The van der Waals surface area contributed by atoms with Gasteiger partial charge in [-0.2, -0.15) is 0 Å². The first kappa shape index (κ1) is 13.9. The number of nitrogens with zero attached hydrogens (tertiary/aromatic N) is 1. The molecule has 1 N–H and O–H groups in total. The average molecular weight is 299 g/mol. The summed E-state index contributed by atoms with van der Waals surface area (Å²) in [6.45, 7) is 0. The average Bonchev–Trinajstić information content (AvgIpc) is 3.18. The zero-order chi connectivity index (χ0) is 13.8. The van der Waals surface area contributed by atoms with Crippen LogP contribution in [0.1, 0.15) is 19.3 Å². The summed E-state index contributed by atoms with van der Waals surface area (Å²) in [6, 6.07) is 4.73. The van der Waals surface area contributed by atoms with Gasteiger partial charge in [0.1, 0.15) is 5.02 Å². The molecule has 3 rings (SSSR count). The van der Waals surface area contributed by atoms with E-state index in [4.69, 9.17) is 23.2 Å². The minimum absolute atomic E-state index is 0.0970. The van der Waals surface area contributed by atoms with Crippen molar-refractivity contribution < 1.29 is 4.92 Å². The second kappa shape index (κ2) is 6.08. The highest BCUT2D eigenvalue weighted by Crippen LogP contribution is 2.38. The van der Waals surface area contributed by atoms with Gasteiger partial charge in [0.25, 0.3) is 5.69 Å². The van der Waals surface area contributed by atoms with Gasteiger partial charge in [0, 0.05) is 18.0 Å². The molecule has 100 valence electrons. The molecule has 1 heterocycles. The lowest BCUT2D eigenvalue weighted by Crippen LogP contribution is -1.92. The maximum absolute atomic E-state index is 10.9. The summed E-state index contributed by atoms with van der Waals surface area (Å²) < 4.78 is 0. The summed E-state index contributed by atoms with van der Waals surface area (Å²) in [6.07, 6.45) is 7.66. The topological polar surface area (TPSA) is 58.9 Å². The van der Waals surface area contributed by atoms with E-state index in [0.717, 1.165) is 0 Å². The molecule has 1 fully saturated rings. The molecule has 0 amide bonds. The lowest BCUT2D eigenvalue weighted by atomic mass is 10.1. The van der Waals surface area contributed by atoms with Crippen LogP contribution < -0.4 is 0 Å². The highest BCUT2D eigenvalue weighted by molar-refractivity contribution is 6.35. The third-order valence-corrected chi connectivity index (χ3v) is 3.13. The Hall–Kier alpha value is -1.52. The zero-order valence-electron chi connectivity index (χ0n) is 10.0. The summed E-state index contributed by atoms with van der Waals surface area (Å²) in [5, 5.41) is 11.4. The molecule has 1 saturated carbocycles. The molecule has 0 aliphatic heterocycles. The van der Waals surface area contributed by atoms with Gasteiger partial charge in [-0.3, -0.25) is 10.1 Å². The van der Waals surface area contributed by atoms with Crippen molar-refractivity contribution >= 4 is 28.9 Å². The van der Waals surface area contributed by atoms with E-state index in [1.54, 1.807) is 24.5 Å². The Bertz CT molecular complexity index is 591. The Morgan fingerprint density at radius 3 is 2.21 bits per heavy atom. The van der Waals surface area contributed by atoms with Crippen LogP contribution >= 0.6 is 23.2 Å². The van der Waals surface area contributed by atoms with E-state index in [1.165, 1.54) is 25.3 Å². The largest absolute Gasteiger partial charge is 0.366 e. The third-order valence-electron chi connectivity index (χ3n) is 2.51. The van der Waals surface area contributed by atoms with Gasteiger partial charge in [-0.15, -0.1) is 0 Å². The van der Waals surface area contributed by atoms with Crippen LogP contribution in [0, 0.1) is 10.1 Å². The summed E-state index contributed by atoms with van der Waals surface area (Å²) in [5.74, 6) is 0. The van der Waals surface area contributed by atoms with Crippen molar-refractivity contribution in [2.75, 3.05) is 0 Å². The van der Waals surface area contributed by atoms with Crippen LogP contribution in [-0.4, -0.2) is 9.91 Å². The number of para-hydroxylation sites is 1. The minimum Gasteiger partial charge on any atom is -0.366 e. The Labute approximate surface area is 120 Å². The zero-order valence-corrected chi connectivity index (χ0v) is 11.5. The van der Waals surface area contributed by atoms with Crippen LogP contribution in [-0.2, 0) is 0 Å². The summed E-state index contributed by atoms with van der Waals surface area (Å²) in [7, 11) is 0. The van der Waals surface area contributed by atoms with Crippen LogP contribution in [0.2, 0.25) is 10.0 Å². The molecule has 0 bridgehead atoms. The lowest BCUT2D eigenvalue weighted by Gasteiger charge is -2.02. The van der Waals surface area contributed by atoms with Gasteiger partial charge in [-0.1, -0.05) is 48.5 Å². The van der Waals surface area contributed by atoms with E-state index in [-0.39, 0.29) is 10.7 Å². The Morgan fingerprint density at radius 1 is 1.05 bits per heavy atom. The fraction of sp³-hybridized carbons (Fsp3) is 0.231. The van der Waals surface area contributed by atoms with E-state index < -0.39 is 4.92 Å². The fourth-order valence-electron chi connectivity index (χ4n) is 1.47. The van der Waals surface area contributed by atoms with Gasteiger partial charge in [0.15, 0.2) is 0 Å². The maximum Gasteiger partial charge on any atom is 0.295 e. The highest BCUT2D eigenvalue weighted by atomic mass is 35.5. The highest BCUT2D eigenvalue weighted by Gasteiger charge is 2.21. The Kier molecular flexibility index (Phi) is 4.45. The third kappa shape index (κ3) is 3.49. The second-order valence-corrected chi connectivity index (χ2v) is 4.99. The van der Waals surface area contributed by atoms with Gasteiger partial charge in [-0.25, -0.2) is 0 Å². The van der Waals surface area contributed by atoms with Crippen LogP contribution in [0.3, 0.4) is 0 Å². The van der Waals surface area contributed by atoms with E-state index in [0.29, 0.717) is 16.1 Å². The molecule has 2 aromatic rings. The molecule has 4 nitrogen and oxygen atoms in total. The van der Waals surface area contributed by atoms with Crippen molar-refractivity contribution in [3.63, 3.8) is 0 Å². The number of hydrogen-bond donors (Lipinski definition) is 1. The fourth-order valence-corrected chi connectivity index (χ4v) is 1.93. The number of benzene rings is 1. The molecule has 19 heavy (non-hydrogen) atoms. The van der Waals surface area contributed by atoms with Crippen molar-refractivity contribution in [2.24, 2.45) is 0 Å². The number of halogens is 2. The SMILES string of the molecule is C1CC1.O=[N+]([O-])c1c(Cl)cccc1-c1c[nH]cc1Cl. The number of nitro groups is 1. The van der Waals surface area contributed by atoms with E-state index in [2.05, 4.69) is 4.98 Å². The van der Waals surface area contributed by atoms with E-state index in [9.17, 15) is 10.1 Å². The van der Waals surface area contributed by atoms with Crippen molar-refractivity contribution in [1.29, 1.82) is 0 Å². The first-order valence-electron chi connectivity index (χ1n) is 5.87. The molecule has 6 heteroatoms. The number of aromatic amines is 1. The monoisotopic (exact) mass is 298 g/mol. The second-order valence-electron chi connectivity index (χ2n) is 4.17. The molecule has 0 radical (unpaired) electrons. The number of rotatable bonds is 2. The van der Waals surface area contributed by atoms with E-state index in [1.807, 2.05) is 0 Å². The van der Waals surface area contributed by atoms with Crippen molar-refractivity contribution in [3.05, 3.63) is 50.8 Å². The van der Waals surface area contributed by atoms with Crippen molar-refractivity contribution in [1.82, 2.24) is 4.98 Å². The number of hydrogen-bond acceptors (Lipinski definition) is 2. The number of nitrogens with one attached hydrogen (secondary N) is 1. The predicted octanol–water partition coefficient (Wildman–Crippen LogP) is 5.07. The molecule has 1 aromatic carbocycles. The summed E-state index contributed by atoms with van der Waals surface area (Å²) in [5.41, 5.74) is 0.838. The van der Waals surface area contributed by atoms with E-state index >= 15 is 0 Å². The normalized spacial score (nSPS) is 12.5. The van der Waals surface area contributed by atoms with Crippen LogP contribution in [0.25, 0.3) is 11.1 Å². The van der Waals surface area contributed by atoms with Crippen LogP contribution in [0.4, 0.5) is 5.69 Å². The van der Waals surface area contributed by atoms with Gasteiger partial charge in [-0.05, 0) is 12.1 Å². The number of aromatic nitrogens is 1. The number of nitro benzene ring substituents is 1. The van der Waals surface area contributed by atoms with Crippen molar-refractivity contribution in [3.8, 4) is 11.1 Å². The Morgan fingerprint density at radius 2 is 1.74 bits per heavy atom. The molecular weight excluding hydrogens is 287 g/mol. The first-order chi connectivity index (χ1) is 9.11. The van der Waals surface area contributed by atoms with Gasteiger partial charge in [0.05, 0.1) is 15.5 Å². The smallest absolute Gasteiger partial charge is 0.295 e. The number of H-pyrrole nitrogens is 1. The molecule has 0 spiro atoms. The lowest BCUT2D eigenvalue weighted by molar-refractivity contribution is -0.384. The molecule has 0 atom stereocenters. The molecule has 1 aliphatic carbocycles. The quantitative estimate of drug-likeness (QED) is 0.622. The predicted molar refractivity (Wildman–Crippen MR) is 76.8 cm³/mol. The summed E-state index contributed by atoms with van der Waals surface area (Å²) in [4.78, 5) is 13.2. The molecule has 0 unspecified atom stereocenters. The maximum atomic E-state index is 10.9. The molecular formula is C13H12Cl2N2O2. The van der Waals surface area contributed by atoms with Crippen molar-refractivity contribution in [2.45, 2.75) is 19.3 Å². The molecule has 1 aliphatic rings. The molecule has 1 aromatic heterocycles. The first-order valence-corrected chi connectivity index (χ1v) is 6.62. The standard InChI is InChI=1S/C10H6Cl2N2O2.C3H6/c11-8-3-1-2-6(10(8)14(15)16)7-4-13-5-9(7)12;1-2-3-1/h1-5,13H;1-3H2. The van der Waals surface area contributed by atoms with Crippen LogP contribution in [0.15, 0.2) is 30.6 Å². The van der Waals surface area contributed by atoms with Gasteiger partial charge >= 0.3 is 0 Å². The van der Waals surface area contributed by atoms with Crippen LogP contribution in [0.5, 0.6) is 0 Å². The minimum atomic E-state index is -0.513. The Balaban J connectivity index is 0.000000390. The summed E-state index contributed by atoms with van der Waals surface area (Å²) >= 11 is 11.7. The van der Waals surface area contributed by atoms with Gasteiger partial charge in [0.2, 0.25) is 0 Å². The molecule has 0 saturated heterocycles. The van der Waals surface area contributed by atoms with Gasteiger partial charge < -0.3 is 4.98 Å².